The van der Waals surface area contributed by atoms with Crippen LogP contribution in [0.5, 0.6) is 0 Å². The average molecular weight is 401 g/mol. The van der Waals surface area contributed by atoms with E-state index in [2.05, 4.69) is 20.5 Å². The molecule has 0 saturated heterocycles. The van der Waals surface area contributed by atoms with E-state index in [4.69, 9.17) is 16.0 Å². The summed E-state index contributed by atoms with van der Waals surface area (Å²) in [5.74, 6) is -0.631. The van der Waals surface area contributed by atoms with Gasteiger partial charge in [0.2, 0.25) is 5.89 Å². The fourth-order valence-corrected chi connectivity index (χ4v) is 3.11. The topological polar surface area (TPSA) is 80.9 Å². The van der Waals surface area contributed by atoms with Crippen molar-refractivity contribution in [2.75, 3.05) is 5.32 Å². The van der Waals surface area contributed by atoms with E-state index in [9.17, 15) is 9.18 Å². The van der Waals surface area contributed by atoms with Crippen LogP contribution in [0.25, 0.3) is 23.0 Å². The monoisotopic (exact) mass is 400 g/mol. The van der Waals surface area contributed by atoms with Crippen LogP contribution in [0.1, 0.15) is 10.4 Å². The third-order valence-corrected chi connectivity index (χ3v) is 4.58. The van der Waals surface area contributed by atoms with Crippen molar-refractivity contribution >= 4 is 34.5 Å². The van der Waals surface area contributed by atoms with Gasteiger partial charge in [-0.3, -0.25) is 4.79 Å². The maximum Gasteiger partial charge on any atom is 0.267 e. The minimum absolute atomic E-state index is 0.0385. The second-order valence-electron chi connectivity index (χ2n) is 5.41. The van der Waals surface area contributed by atoms with E-state index in [1.54, 1.807) is 35.7 Å². The van der Waals surface area contributed by atoms with Crippen molar-refractivity contribution in [2.45, 2.75) is 0 Å². The quantitative estimate of drug-likeness (QED) is 0.526. The Morgan fingerprint density at radius 2 is 1.93 bits per heavy atom. The summed E-state index contributed by atoms with van der Waals surface area (Å²) >= 11 is 7.08. The molecule has 134 valence electrons. The number of anilines is 1. The molecular weight excluding hydrogens is 391 g/mol. The van der Waals surface area contributed by atoms with E-state index >= 15 is 0 Å². The molecule has 4 aromatic rings. The molecule has 1 amide bonds. The molecule has 2 aromatic carbocycles. The number of nitrogens with zero attached hydrogens (tertiary/aromatic N) is 3. The maximum absolute atomic E-state index is 13.7. The standard InChI is InChI=1S/C18H10ClFN4O2S/c19-18-22-14(9-27-18)17-24-23-16(26-17)10-4-3-5-11(8-10)21-15(25)12-6-1-2-7-13(12)20/h1-9H,(H,21,25). The van der Waals surface area contributed by atoms with Crippen LogP contribution in [0.3, 0.4) is 0 Å². The summed E-state index contributed by atoms with van der Waals surface area (Å²) in [6.45, 7) is 0. The van der Waals surface area contributed by atoms with Crippen LogP contribution >= 0.6 is 22.9 Å². The van der Waals surface area contributed by atoms with E-state index in [1.165, 1.54) is 29.5 Å². The fraction of sp³-hybridized carbons (Fsp3) is 0. The van der Waals surface area contributed by atoms with Gasteiger partial charge in [0.05, 0.1) is 5.56 Å². The van der Waals surface area contributed by atoms with E-state index in [0.717, 1.165) is 0 Å². The molecule has 0 aliphatic heterocycles. The molecule has 0 bridgehead atoms. The number of benzene rings is 2. The molecule has 0 aliphatic carbocycles. The minimum Gasteiger partial charge on any atom is -0.415 e. The second-order valence-corrected chi connectivity index (χ2v) is 6.85. The first-order valence-corrected chi connectivity index (χ1v) is 8.97. The summed E-state index contributed by atoms with van der Waals surface area (Å²) in [7, 11) is 0. The second kappa shape index (κ2) is 7.26. The first-order valence-electron chi connectivity index (χ1n) is 7.71. The molecule has 1 N–H and O–H groups in total. The number of halogens is 2. The number of rotatable bonds is 4. The SMILES string of the molecule is O=C(Nc1cccc(-c2nnc(-c3csc(Cl)n3)o2)c1)c1ccccc1F. The molecule has 0 fully saturated rings. The zero-order chi connectivity index (χ0) is 18.8. The Hall–Kier alpha value is -3.10. The number of hydrogen-bond acceptors (Lipinski definition) is 6. The van der Waals surface area contributed by atoms with Crippen molar-refractivity contribution < 1.29 is 13.6 Å². The number of carbonyl (C=O) groups excluding carboxylic acids is 1. The lowest BCUT2D eigenvalue weighted by Gasteiger charge is -2.06. The summed E-state index contributed by atoms with van der Waals surface area (Å²) in [6.07, 6.45) is 0. The molecule has 0 atom stereocenters. The Kier molecular flexibility index (Phi) is 4.66. The molecule has 2 heterocycles. The first kappa shape index (κ1) is 17.3. The van der Waals surface area contributed by atoms with Gasteiger partial charge in [-0.1, -0.05) is 29.8 Å². The molecule has 2 aromatic heterocycles. The molecule has 0 spiro atoms. The van der Waals surface area contributed by atoms with Crippen LogP contribution in [-0.2, 0) is 0 Å². The molecule has 9 heteroatoms. The molecule has 4 rings (SSSR count). The Morgan fingerprint density at radius 3 is 2.70 bits per heavy atom. The normalized spacial score (nSPS) is 10.7. The van der Waals surface area contributed by atoms with Gasteiger partial charge in [-0.05, 0) is 30.3 Å². The maximum atomic E-state index is 13.7. The van der Waals surface area contributed by atoms with Crippen molar-refractivity contribution in [1.82, 2.24) is 15.2 Å². The van der Waals surface area contributed by atoms with Crippen molar-refractivity contribution in [3.05, 3.63) is 69.8 Å². The van der Waals surface area contributed by atoms with Crippen molar-refractivity contribution in [3.8, 4) is 23.0 Å². The molecule has 0 saturated carbocycles. The molecule has 0 aliphatic rings. The summed E-state index contributed by atoms with van der Waals surface area (Å²) in [5, 5.41) is 12.3. The zero-order valence-electron chi connectivity index (χ0n) is 13.5. The van der Waals surface area contributed by atoms with Crippen LogP contribution in [0, 0.1) is 5.82 Å². The highest BCUT2D eigenvalue weighted by molar-refractivity contribution is 7.14. The first-order chi connectivity index (χ1) is 13.1. The summed E-state index contributed by atoms with van der Waals surface area (Å²) < 4.78 is 19.7. The lowest BCUT2D eigenvalue weighted by atomic mass is 10.1. The largest absolute Gasteiger partial charge is 0.415 e. The minimum atomic E-state index is -0.588. The van der Waals surface area contributed by atoms with Gasteiger partial charge in [0.15, 0.2) is 4.47 Å². The van der Waals surface area contributed by atoms with Crippen LogP contribution in [0.2, 0.25) is 4.47 Å². The molecule has 0 unspecified atom stereocenters. The summed E-state index contributed by atoms with van der Waals surface area (Å²) in [6, 6.07) is 12.6. The molecular formula is C18H10ClFN4O2S. The highest BCUT2D eigenvalue weighted by atomic mass is 35.5. The Bertz CT molecular complexity index is 1130. The van der Waals surface area contributed by atoms with Gasteiger partial charge < -0.3 is 9.73 Å². The van der Waals surface area contributed by atoms with E-state index in [0.29, 0.717) is 21.4 Å². The van der Waals surface area contributed by atoms with Gasteiger partial charge in [0, 0.05) is 16.6 Å². The van der Waals surface area contributed by atoms with Crippen LogP contribution < -0.4 is 5.32 Å². The number of nitrogens with one attached hydrogen (secondary N) is 1. The Morgan fingerprint density at radius 1 is 1.11 bits per heavy atom. The number of amides is 1. The van der Waals surface area contributed by atoms with Crippen molar-refractivity contribution in [3.63, 3.8) is 0 Å². The van der Waals surface area contributed by atoms with Gasteiger partial charge in [-0.25, -0.2) is 9.37 Å². The summed E-state index contributed by atoms with van der Waals surface area (Å²) in [5.41, 5.74) is 1.52. The van der Waals surface area contributed by atoms with Gasteiger partial charge in [0.1, 0.15) is 11.5 Å². The molecule has 27 heavy (non-hydrogen) atoms. The van der Waals surface area contributed by atoms with Crippen LogP contribution in [0.15, 0.2) is 58.3 Å². The number of hydrogen-bond donors (Lipinski definition) is 1. The van der Waals surface area contributed by atoms with Gasteiger partial charge >= 0.3 is 0 Å². The van der Waals surface area contributed by atoms with Gasteiger partial charge in [0.25, 0.3) is 11.8 Å². The predicted molar refractivity (Wildman–Crippen MR) is 100 cm³/mol. The van der Waals surface area contributed by atoms with Gasteiger partial charge in [-0.15, -0.1) is 21.5 Å². The van der Waals surface area contributed by atoms with E-state index in [1.807, 2.05) is 0 Å². The lowest BCUT2D eigenvalue weighted by molar-refractivity contribution is 0.102. The van der Waals surface area contributed by atoms with Gasteiger partial charge in [-0.2, -0.15) is 0 Å². The highest BCUT2D eigenvalue weighted by Crippen LogP contribution is 2.28. The van der Waals surface area contributed by atoms with Crippen LogP contribution in [-0.4, -0.2) is 21.1 Å². The number of aromatic nitrogens is 3. The van der Waals surface area contributed by atoms with E-state index in [-0.39, 0.29) is 17.3 Å². The highest BCUT2D eigenvalue weighted by Gasteiger charge is 2.15. The molecule has 0 radical (unpaired) electrons. The number of thiazole rings is 1. The third-order valence-electron chi connectivity index (χ3n) is 3.61. The fourth-order valence-electron chi connectivity index (χ4n) is 2.37. The number of carbonyl (C=O) groups is 1. The molecule has 6 nitrogen and oxygen atoms in total. The Balaban J connectivity index is 1.57. The predicted octanol–water partition coefficient (Wildman–Crippen LogP) is 4.90. The van der Waals surface area contributed by atoms with Crippen LogP contribution in [0.4, 0.5) is 10.1 Å². The third kappa shape index (κ3) is 3.71. The smallest absolute Gasteiger partial charge is 0.267 e. The van der Waals surface area contributed by atoms with Crippen molar-refractivity contribution in [2.24, 2.45) is 0 Å². The summed E-state index contributed by atoms with van der Waals surface area (Å²) in [4.78, 5) is 16.3. The van der Waals surface area contributed by atoms with Crippen molar-refractivity contribution in [1.29, 1.82) is 0 Å². The lowest BCUT2D eigenvalue weighted by Crippen LogP contribution is -2.13. The Labute approximate surface area is 161 Å². The zero-order valence-corrected chi connectivity index (χ0v) is 15.1. The van der Waals surface area contributed by atoms with E-state index < -0.39 is 11.7 Å². The average Bonchev–Trinajstić information content (AvgIpc) is 3.31.